The maximum absolute atomic E-state index is 13.8. The van der Waals surface area contributed by atoms with Crippen molar-refractivity contribution in [2.75, 3.05) is 6.54 Å². The van der Waals surface area contributed by atoms with Gasteiger partial charge >= 0.3 is 5.69 Å². The van der Waals surface area contributed by atoms with Crippen molar-refractivity contribution in [2.45, 2.75) is 46.1 Å². The molecular formula is C28H30N4O9. The number of rotatable bonds is 7. The number of aromatic hydroxyl groups is 2. The van der Waals surface area contributed by atoms with Gasteiger partial charge in [-0.3, -0.25) is 33.1 Å². The second-order valence-corrected chi connectivity index (χ2v) is 10.2. The summed E-state index contributed by atoms with van der Waals surface area (Å²) in [5, 5.41) is 26.9. The maximum Gasteiger partial charge on any atom is 0.330 e. The number of hydrogen-bond donors (Lipinski definition) is 4. The number of phenols is 2. The Balaban J connectivity index is 1.54. The molecular weight excluding hydrogens is 536 g/mol. The van der Waals surface area contributed by atoms with E-state index in [1.807, 2.05) is 0 Å². The van der Waals surface area contributed by atoms with Gasteiger partial charge in [0, 0.05) is 56.2 Å². The number of aromatic nitrogens is 2. The SMILES string of the molecule is CC(=O)c1c(O)c(C)c(O)c2c1OC1=CC(=O)/C(=C(/C)NCCC(=O)NCc3cc(=O)n(C)c(=O)n3C)C(=O)[C@]12C. The number of carbonyl (C=O) groups is 4. The lowest BCUT2D eigenvalue weighted by atomic mass is 9.70. The first kappa shape index (κ1) is 29.1. The van der Waals surface area contributed by atoms with Crippen LogP contribution in [0.25, 0.3) is 0 Å². The van der Waals surface area contributed by atoms with Crippen LogP contribution in [0.1, 0.15) is 54.4 Å². The molecule has 0 unspecified atom stereocenters. The molecule has 41 heavy (non-hydrogen) atoms. The number of fused-ring (bicyclic) bond motifs is 3. The van der Waals surface area contributed by atoms with E-state index in [0.717, 1.165) is 10.6 Å². The summed E-state index contributed by atoms with van der Waals surface area (Å²) >= 11 is 0. The van der Waals surface area contributed by atoms with Crippen molar-refractivity contribution in [1.82, 2.24) is 19.8 Å². The number of allylic oxidation sites excluding steroid dienone is 4. The summed E-state index contributed by atoms with van der Waals surface area (Å²) in [7, 11) is 2.84. The number of benzene rings is 1. The Morgan fingerprint density at radius 3 is 2.32 bits per heavy atom. The minimum atomic E-state index is -1.64. The van der Waals surface area contributed by atoms with Crippen LogP contribution in [0.5, 0.6) is 17.2 Å². The summed E-state index contributed by atoms with van der Waals surface area (Å²) in [6.07, 6.45) is 1.05. The van der Waals surface area contributed by atoms with Crippen LogP contribution in [-0.4, -0.2) is 49.1 Å². The molecule has 0 saturated carbocycles. The molecule has 2 heterocycles. The van der Waals surface area contributed by atoms with Crippen molar-refractivity contribution in [2.24, 2.45) is 14.1 Å². The molecule has 1 amide bonds. The highest BCUT2D eigenvalue weighted by Gasteiger charge is 2.56. The maximum atomic E-state index is 13.8. The fourth-order valence-electron chi connectivity index (χ4n) is 5.04. The Kier molecular flexibility index (Phi) is 7.25. The van der Waals surface area contributed by atoms with Crippen molar-refractivity contribution >= 4 is 23.3 Å². The van der Waals surface area contributed by atoms with E-state index < -0.39 is 51.4 Å². The number of nitrogens with zero attached hydrogens (tertiary/aromatic N) is 2. The monoisotopic (exact) mass is 566 g/mol. The van der Waals surface area contributed by atoms with E-state index in [1.54, 1.807) is 0 Å². The Labute approximate surface area is 233 Å². The van der Waals surface area contributed by atoms with E-state index in [2.05, 4.69) is 10.6 Å². The Hall–Kier alpha value is -4.94. The highest BCUT2D eigenvalue weighted by atomic mass is 16.5. The van der Waals surface area contributed by atoms with Gasteiger partial charge in [0.25, 0.3) is 5.56 Å². The summed E-state index contributed by atoms with van der Waals surface area (Å²) in [4.78, 5) is 75.4. The predicted molar refractivity (Wildman–Crippen MR) is 145 cm³/mol. The fourth-order valence-corrected chi connectivity index (χ4v) is 5.04. The van der Waals surface area contributed by atoms with E-state index in [9.17, 15) is 39.0 Å². The van der Waals surface area contributed by atoms with Crippen LogP contribution in [0.3, 0.4) is 0 Å². The number of amides is 1. The van der Waals surface area contributed by atoms with Gasteiger partial charge < -0.3 is 25.6 Å². The topological polar surface area (TPSA) is 186 Å². The van der Waals surface area contributed by atoms with E-state index in [4.69, 9.17) is 4.74 Å². The molecule has 1 atom stereocenters. The molecule has 13 heteroatoms. The lowest BCUT2D eigenvalue weighted by Crippen LogP contribution is -2.41. The predicted octanol–water partition coefficient (Wildman–Crippen LogP) is 0.262. The third kappa shape index (κ3) is 4.52. The number of Topliss-reactive ketones (excluding diaryl/α,β-unsaturated/α-hetero) is 2. The third-order valence-corrected chi connectivity index (χ3v) is 7.59. The van der Waals surface area contributed by atoms with Crippen LogP contribution >= 0.6 is 0 Å². The summed E-state index contributed by atoms with van der Waals surface area (Å²) in [6.45, 7) is 5.56. The Morgan fingerprint density at radius 2 is 1.68 bits per heavy atom. The minimum Gasteiger partial charge on any atom is -0.507 e. The molecule has 13 nitrogen and oxygen atoms in total. The lowest BCUT2D eigenvalue weighted by Gasteiger charge is -2.29. The van der Waals surface area contributed by atoms with Gasteiger partial charge in [0.15, 0.2) is 17.3 Å². The molecule has 2 aliphatic rings. The summed E-state index contributed by atoms with van der Waals surface area (Å²) in [6, 6.07) is 1.25. The molecule has 0 spiro atoms. The smallest absolute Gasteiger partial charge is 0.330 e. The third-order valence-electron chi connectivity index (χ3n) is 7.59. The van der Waals surface area contributed by atoms with Crippen LogP contribution in [0.4, 0.5) is 0 Å². The van der Waals surface area contributed by atoms with Crippen LogP contribution in [0.15, 0.2) is 38.8 Å². The molecule has 1 aromatic heterocycles. The molecule has 216 valence electrons. The number of ketones is 3. The second-order valence-electron chi connectivity index (χ2n) is 10.2. The number of ether oxygens (including phenoxy) is 1. The van der Waals surface area contributed by atoms with Crippen LogP contribution in [-0.2, 0) is 40.4 Å². The van der Waals surface area contributed by atoms with Crippen LogP contribution < -0.4 is 26.6 Å². The van der Waals surface area contributed by atoms with Crippen molar-refractivity contribution in [1.29, 1.82) is 0 Å². The normalized spacial score (nSPS) is 18.7. The van der Waals surface area contributed by atoms with E-state index in [1.165, 1.54) is 52.4 Å². The van der Waals surface area contributed by atoms with Gasteiger partial charge in [0.2, 0.25) is 5.91 Å². The zero-order valence-electron chi connectivity index (χ0n) is 23.4. The fraction of sp³-hybridized carbons (Fsp3) is 0.357. The first-order valence-electron chi connectivity index (χ1n) is 12.7. The first-order valence-corrected chi connectivity index (χ1v) is 12.7. The zero-order chi connectivity index (χ0) is 30.5. The summed E-state index contributed by atoms with van der Waals surface area (Å²) in [5.74, 6) is -3.46. The number of hydrogen-bond acceptors (Lipinski definition) is 10. The number of carbonyl (C=O) groups excluding carboxylic acids is 4. The number of phenolic OH excluding ortho intramolecular Hbond substituents is 2. The largest absolute Gasteiger partial charge is 0.507 e. The van der Waals surface area contributed by atoms with Gasteiger partial charge in [-0.25, -0.2) is 4.79 Å². The van der Waals surface area contributed by atoms with Crippen LogP contribution in [0, 0.1) is 6.92 Å². The molecule has 4 N–H and O–H groups in total. The van der Waals surface area contributed by atoms with Gasteiger partial charge in [-0.05, 0) is 27.7 Å². The Morgan fingerprint density at radius 1 is 1.02 bits per heavy atom. The van der Waals surface area contributed by atoms with E-state index in [-0.39, 0.29) is 59.0 Å². The van der Waals surface area contributed by atoms with Crippen molar-refractivity contribution in [3.8, 4) is 17.2 Å². The van der Waals surface area contributed by atoms with Gasteiger partial charge in [-0.1, -0.05) is 0 Å². The van der Waals surface area contributed by atoms with Crippen molar-refractivity contribution < 1.29 is 34.1 Å². The highest BCUT2D eigenvalue weighted by molar-refractivity contribution is 6.31. The standard InChI is InChI=1S/C28H30N4O9/c1-12-23(37)21(14(3)33)25-22(24(12)38)28(4)17(41-25)10-16(34)20(26(28)39)13(2)29-8-7-18(35)30-11-15-9-19(36)32(6)27(40)31(15)5/h9-10,29,37-38H,7-8,11H2,1-6H3,(H,30,35)/b20-13+/t28-/m1/s1. The zero-order valence-corrected chi connectivity index (χ0v) is 23.4. The van der Waals surface area contributed by atoms with Gasteiger partial charge in [-0.2, -0.15) is 0 Å². The van der Waals surface area contributed by atoms with Gasteiger partial charge in [0.1, 0.15) is 34.0 Å². The highest BCUT2D eigenvalue weighted by Crippen LogP contribution is 2.57. The molecule has 0 saturated heterocycles. The summed E-state index contributed by atoms with van der Waals surface area (Å²) in [5.41, 5.74) is -2.59. The average Bonchev–Trinajstić information content (AvgIpc) is 3.20. The molecule has 0 radical (unpaired) electrons. The van der Waals surface area contributed by atoms with Crippen LogP contribution in [0.2, 0.25) is 0 Å². The molecule has 2 aromatic rings. The number of nitrogens with one attached hydrogen (secondary N) is 2. The van der Waals surface area contributed by atoms with E-state index in [0.29, 0.717) is 5.69 Å². The molecule has 0 bridgehead atoms. The van der Waals surface area contributed by atoms with Gasteiger partial charge in [0.05, 0.1) is 17.7 Å². The quantitative estimate of drug-likeness (QED) is 0.206. The Bertz CT molecular complexity index is 1740. The van der Waals surface area contributed by atoms with Gasteiger partial charge in [-0.15, -0.1) is 0 Å². The molecule has 4 rings (SSSR count). The second kappa shape index (κ2) is 10.2. The lowest BCUT2D eigenvalue weighted by molar-refractivity contribution is -0.124. The molecule has 1 aromatic carbocycles. The average molecular weight is 567 g/mol. The van der Waals surface area contributed by atoms with Crippen molar-refractivity contribution in [3.63, 3.8) is 0 Å². The summed E-state index contributed by atoms with van der Waals surface area (Å²) < 4.78 is 7.94. The first-order chi connectivity index (χ1) is 19.1. The van der Waals surface area contributed by atoms with E-state index >= 15 is 0 Å². The minimum absolute atomic E-state index is 0.00736. The molecule has 1 aliphatic carbocycles. The van der Waals surface area contributed by atoms with Crippen molar-refractivity contribution in [3.05, 3.63) is 72.4 Å². The molecule has 0 fully saturated rings. The molecule has 1 aliphatic heterocycles.